The molecule has 0 bridgehead atoms. The van der Waals surface area contributed by atoms with Crippen molar-refractivity contribution < 1.29 is 0 Å². The first-order valence-corrected chi connectivity index (χ1v) is 3.52. The number of rotatable bonds is 1. The van der Waals surface area contributed by atoms with Gasteiger partial charge < -0.3 is 0 Å². The maximum absolute atomic E-state index is 4.05. The van der Waals surface area contributed by atoms with Crippen LogP contribution in [0, 0.1) is 0 Å². The van der Waals surface area contributed by atoms with Crippen LogP contribution >= 0.6 is 0 Å². The second-order valence-electron chi connectivity index (χ2n) is 2.53. The van der Waals surface area contributed by atoms with Crippen LogP contribution in [-0.4, -0.2) is 12.8 Å². The smallest absolute Gasteiger partial charge is 0.0504 e. The average molecular weight is 131 g/mol. The van der Waals surface area contributed by atoms with Crippen molar-refractivity contribution in [2.75, 3.05) is 6.54 Å². The highest BCUT2D eigenvalue weighted by atomic mass is 14.8. The molecule has 1 heterocycles. The summed E-state index contributed by atoms with van der Waals surface area (Å²) in [5.41, 5.74) is 1.39. The fourth-order valence-corrected chi connectivity index (χ4v) is 1.10. The first kappa shape index (κ1) is 5.66. The SMILES string of the molecule is C1=NCC1c1ccccc1. The third kappa shape index (κ3) is 0.838. The molecule has 0 radical (unpaired) electrons. The fraction of sp³-hybridized carbons (Fsp3) is 0.222. The average Bonchev–Trinajstić information content (AvgIpc) is 1.86. The molecule has 0 amide bonds. The third-order valence-corrected chi connectivity index (χ3v) is 1.82. The van der Waals surface area contributed by atoms with Crippen LogP contribution in [-0.2, 0) is 0 Å². The van der Waals surface area contributed by atoms with Crippen molar-refractivity contribution in [3.8, 4) is 0 Å². The van der Waals surface area contributed by atoms with E-state index in [0.717, 1.165) is 6.54 Å². The number of nitrogens with zero attached hydrogens (tertiary/aromatic N) is 1. The first-order valence-electron chi connectivity index (χ1n) is 3.52. The minimum absolute atomic E-state index is 0.598. The Balaban J connectivity index is 2.26. The molecular weight excluding hydrogens is 122 g/mol. The molecule has 1 unspecified atom stereocenters. The van der Waals surface area contributed by atoms with Crippen LogP contribution in [0.2, 0.25) is 0 Å². The molecule has 1 atom stereocenters. The van der Waals surface area contributed by atoms with Gasteiger partial charge in [0.15, 0.2) is 0 Å². The van der Waals surface area contributed by atoms with Crippen molar-refractivity contribution >= 4 is 6.21 Å². The number of hydrogen-bond donors (Lipinski definition) is 0. The van der Waals surface area contributed by atoms with Crippen molar-refractivity contribution in [2.24, 2.45) is 4.99 Å². The second kappa shape index (κ2) is 2.25. The maximum atomic E-state index is 4.05. The molecule has 2 rings (SSSR count). The minimum Gasteiger partial charge on any atom is -0.296 e. The van der Waals surface area contributed by atoms with E-state index in [9.17, 15) is 0 Å². The van der Waals surface area contributed by atoms with Crippen molar-refractivity contribution in [3.63, 3.8) is 0 Å². The van der Waals surface area contributed by atoms with Crippen LogP contribution in [0.25, 0.3) is 0 Å². The van der Waals surface area contributed by atoms with Crippen molar-refractivity contribution in [1.29, 1.82) is 0 Å². The summed E-state index contributed by atoms with van der Waals surface area (Å²) < 4.78 is 0. The Labute approximate surface area is 60.4 Å². The van der Waals surface area contributed by atoms with Gasteiger partial charge in [-0.15, -0.1) is 0 Å². The molecule has 1 aliphatic heterocycles. The highest BCUT2D eigenvalue weighted by Gasteiger charge is 2.12. The Bertz CT molecular complexity index is 238. The molecule has 0 aromatic heterocycles. The Morgan fingerprint density at radius 2 is 1.90 bits per heavy atom. The largest absolute Gasteiger partial charge is 0.296 e. The van der Waals surface area contributed by atoms with Crippen LogP contribution in [0.3, 0.4) is 0 Å². The molecule has 1 heteroatoms. The summed E-state index contributed by atoms with van der Waals surface area (Å²) in [6.07, 6.45) is 2.01. The van der Waals surface area contributed by atoms with Gasteiger partial charge in [0.1, 0.15) is 0 Å². The summed E-state index contributed by atoms with van der Waals surface area (Å²) in [5.74, 6) is 0.598. The van der Waals surface area contributed by atoms with E-state index in [0.29, 0.717) is 5.92 Å². The highest BCUT2D eigenvalue weighted by Crippen LogP contribution is 2.18. The molecule has 0 saturated carbocycles. The summed E-state index contributed by atoms with van der Waals surface area (Å²) in [4.78, 5) is 4.05. The quantitative estimate of drug-likeness (QED) is 0.551. The summed E-state index contributed by atoms with van der Waals surface area (Å²) in [5, 5.41) is 0. The lowest BCUT2D eigenvalue weighted by molar-refractivity contribution is 0.836. The zero-order valence-corrected chi connectivity index (χ0v) is 5.70. The van der Waals surface area contributed by atoms with Crippen molar-refractivity contribution in [1.82, 2.24) is 0 Å². The van der Waals surface area contributed by atoms with E-state index < -0.39 is 0 Å². The van der Waals surface area contributed by atoms with E-state index >= 15 is 0 Å². The van der Waals surface area contributed by atoms with Gasteiger partial charge in [0.05, 0.1) is 6.54 Å². The second-order valence-corrected chi connectivity index (χ2v) is 2.53. The molecule has 1 nitrogen and oxygen atoms in total. The Morgan fingerprint density at radius 1 is 1.20 bits per heavy atom. The van der Waals surface area contributed by atoms with Crippen molar-refractivity contribution in [3.05, 3.63) is 35.9 Å². The van der Waals surface area contributed by atoms with Gasteiger partial charge in [0.25, 0.3) is 0 Å². The molecule has 0 N–H and O–H groups in total. The first-order chi connectivity index (χ1) is 4.97. The minimum atomic E-state index is 0.598. The molecule has 0 spiro atoms. The fourth-order valence-electron chi connectivity index (χ4n) is 1.10. The van der Waals surface area contributed by atoms with E-state index in [2.05, 4.69) is 29.3 Å². The van der Waals surface area contributed by atoms with Crippen LogP contribution in [0.5, 0.6) is 0 Å². The van der Waals surface area contributed by atoms with E-state index in [-0.39, 0.29) is 0 Å². The molecule has 50 valence electrons. The predicted molar refractivity (Wildman–Crippen MR) is 42.5 cm³/mol. The van der Waals surface area contributed by atoms with Gasteiger partial charge in [-0.1, -0.05) is 30.3 Å². The zero-order chi connectivity index (χ0) is 6.81. The topological polar surface area (TPSA) is 12.4 Å². The Hall–Kier alpha value is -1.11. The monoisotopic (exact) mass is 131 g/mol. The summed E-state index contributed by atoms with van der Waals surface area (Å²) in [6, 6.07) is 10.5. The predicted octanol–water partition coefficient (Wildman–Crippen LogP) is 1.85. The van der Waals surface area contributed by atoms with E-state index in [1.165, 1.54) is 5.56 Å². The van der Waals surface area contributed by atoms with Gasteiger partial charge in [0, 0.05) is 12.1 Å². The lowest BCUT2D eigenvalue weighted by Crippen LogP contribution is -2.12. The molecular formula is C9H9N. The van der Waals surface area contributed by atoms with Gasteiger partial charge in [0.2, 0.25) is 0 Å². The lowest BCUT2D eigenvalue weighted by Gasteiger charge is -2.16. The zero-order valence-electron chi connectivity index (χ0n) is 5.70. The molecule has 0 aliphatic carbocycles. The summed E-state index contributed by atoms with van der Waals surface area (Å²) in [7, 11) is 0. The molecule has 0 fully saturated rings. The number of aliphatic imine (C=N–C) groups is 1. The summed E-state index contributed by atoms with van der Waals surface area (Å²) >= 11 is 0. The molecule has 1 aromatic rings. The number of benzene rings is 1. The summed E-state index contributed by atoms with van der Waals surface area (Å²) in [6.45, 7) is 0.976. The normalized spacial score (nSPS) is 22.2. The highest BCUT2D eigenvalue weighted by molar-refractivity contribution is 5.73. The van der Waals surface area contributed by atoms with Gasteiger partial charge in [-0.2, -0.15) is 0 Å². The molecule has 1 aliphatic rings. The van der Waals surface area contributed by atoms with Gasteiger partial charge in [-0.25, -0.2) is 0 Å². The Morgan fingerprint density at radius 3 is 2.40 bits per heavy atom. The van der Waals surface area contributed by atoms with Crippen LogP contribution < -0.4 is 0 Å². The standard InChI is InChI=1S/C9H9N/c1-2-4-8(5-3-1)9-6-10-7-9/h1-6,9H,7H2. The van der Waals surface area contributed by atoms with E-state index in [1.54, 1.807) is 0 Å². The maximum Gasteiger partial charge on any atom is 0.0504 e. The van der Waals surface area contributed by atoms with Crippen molar-refractivity contribution in [2.45, 2.75) is 5.92 Å². The Kier molecular flexibility index (Phi) is 1.28. The number of hydrogen-bond acceptors (Lipinski definition) is 1. The molecule has 10 heavy (non-hydrogen) atoms. The molecule has 1 aromatic carbocycles. The lowest BCUT2D eigenvalue weighted by atomic mass is 9.97. The van der Waals surface area contributed by atoms with Gasteiger partial charge in [-0.05, 0) is 5.56 Å². The third-order valence-electron chi connectivity index (χ3n) is 1.82. The van der Waals surface area contributed by atoms with Crippen LogP contribution in [0.15, 0.2) is 35.3 Å². The van der Waals surface area contributed by atoms with Crippen LogP contribution in [0.4, 0.5) is 0 Å². The van der Waals surface area contributed by atoms with Crippen LogP contribution in [0.1, 0.15) is 11.5 Å². The van der Waals surface area contributed by atoms with Gasteiger partial charge in [-0.3, -0.25) is 4.99 Å². The molecule has 0 saturated heterocycles. The van der Waals surface area contributed by atoms with E-state index in [4.69, 9.17) is 0 Å². The van der Waals surface area contributed by atoms with Gasteiger partial charge >= 0.3 is 0 Å². The van der Waals surface area contributed by atoms with E-state index in [1.807, 2.05) is 12.3 Å².